The molecular weight excluding hydrogens is 352 g/mol. The number of anilines is 3. The minimum absolute atomic E-state index is 0.0559. The summed E-state index contributed by atoms with van der Waals surface area (Å²) in [7, 11) is 0. The van der Waals surface area contributed by atoms with Crippen LogP contribution in [0.4, 0.5) is 34.9 Å². The normalized spacial score (nSPS) is 10.5. The Balaban J connectivity index is 1.69. The monoisotopic (exact) mass is 362 g/mol. The summed E-state index contributed by atoms with van der Waals surface area (Å²) >= 11 is 0. The van der Waals surface area contributed by atoms with E-state index in [-0.39, 0.29) is 22.9 Å². The van der Waals surface area contributed by atoms with Crippen LogP contribution >= 0.6 is 0 Å². The third kappa shape index (κ3) is 3.94. The number of aromatic nitrogens is 2. The molecule has 1 heterocycles. The Labute approximate surface area is 144 Å². The van der Waals surface area contributed by atoms with Crippen LogP contribution in [0.5, 0.6) is 0 Å². The number of amides is 1. The van der Waals surface area contributed by atoms with Crippen LogP contribution < -0.4 is 10.6 Å². The SMILES string of the molecule is O=C(Nc1ccc(F)c(F)c1)c1cnc(Nc2ccc(F)c(F)c2)nc1. The molecule has 0 saturated heterocycles. The zero-order valence-corrected chi connectivity index (χ0v) is 12.9. The van der Waals surface area contributed by atoms with Gasteiger partial charge in [-0.2, -0.15) is 0 Å². The Hall–Kier alpha value is -3.49. The van der Waals surface area contributed by atoms with Crippen molar-refractivity contribution in [3.8, 4) is 0 Å². The average molecular weight is 362 g/mol. The van der Waals surface area contributed by atoms with Crippen molar-refractivity contribution in [3.63, 3.8) is 0 Å². The topological polar surface area (TPSA) is 66.9 Å². The Kier molecular flexibility index (Phi) is 4.78. The number of nitrogens with one attached hydrogen (secondary N) is 2. The Bertz CT molecular complexity index is 963. The highest BCUT2D eigenvalue weighted by Crippen LogP contribution is 2.17. The first-order chi connectivity index (χ1) is 12.4. The van der Waals surface area contributed by atoms with Crippen molar-refractivity contribution in [2.75, 3.05) is 10.6 Å². The van der Waals surface area contributed by atoms with Crippen LogP contribution in [-0.4, -0.2) is 15.9 Å². The predicted molar refractivity (Wildman–Crippen MR) is 86.0 cm³/mol. The first-order valence-corrected chi connectivity index (χ1v) is 7.23. The molecule has 0 aliphatic rings. The lowest BCUT2D eigenvalue weighted by Crippen LogP contribution is -2.13. The second-order valence-corrected chi connectivity index (χ2v) is 5.13. The number of benzene rings is 2. The van der Waals surface area contributed by atoms with Crippen LogP contribution in [0.3, 0.4) is 0 Å². The number of nitrogens with zero attached hydrogens (tertiary/aromatic N) is 2. The number of hydrogen-bond acceptors (Lipinski definition) is 4. The number of halogens is 4. The summed E-state index contributed by atoms with van der Waals surface area (Å²) in [4.78, 5) is 19.8. The maximum absolute atomic E-state index is 13.2. The molecule has 1 amide bonds. The maximum atomic E-state index is 13.2. The van der Waals surface area contributed by atoms with E-state index in [1.807, 2.05) is 0 Å². The Morgan fingerprint density at radius 2 is 1.31 bits per heavy atom. The lowest BCUT2D eigenvalue weighted by molar-refractivity contribution is 0.102. The minimum Gasteiger partial charge on any atom is -0.324 e. The molecule has 0 bridgehead atoms. The summed E-state index contributed by atoms with van der Waals surface area (Å²) in [6.07, 6.45) is 2.37. The van der Waals surface area contributed by atoms with Gasteiger partial charge in [0, 0.05) is 35.9 Å². The van der Waals surface area contributed by atoms with Crippen LogP contribution in [0.1, 0.15) is 10.4 Å². The lowest BCUT2D eigenvalue weighted by Gasteiger charge is -2.07. The molecule has 0 fully saturated rings. The summed E-state index contributed by atoms with van der Waals surface area (Å²) in [6, 6.07) is 6.11. The fraction of sp³-hybridized carbons (Fsp3) is 0. The van der Waals surface area contributed by atoms with Crippen LogP contribution in [0.25, 0.3) is 0 Å². The van der Waals surface area contributed by atoms with Gasteiger partial charge in [0.25, 0.3) is 5.91 Å². The molecule has 2 aromatic carbocycles. The molecule has 0 radical (unpaired) electrons. The zero-order valence-electron chi connectivity index (χ0n) is 12.9. The van der Waals surface area contributed by atoms with E-state index in [1.54, 1.807) is 0 Å². The van der Waals surface area contributed by atoms with E-state index in [1.165, 1.54) is 24.5 Å². The third-order valence-electron chi connectivity index (χ3n) is 3.27. The lowest BCUT2D eigenvalue weighted by atomic mass is 10.2. The summed E-state index contributed by atoms with van der Waals surface area (Å²) < 4.78 is 52.0. The van der Waals surface area contributed by atoms with Gasteiger partial charge in [-0.15, -0.1) is 0 Å². The van der Waals surface area contributed by atoms with E-state index in [0.717, 1.165) is 24.3 Å². The highest BCUT2D eigenvalue weighted by atomic mass is 19.2. The number of hydrogen-bond donors (Lipinski definition) is 2. The molecule has 0 saturated carbocycles. The molecule has 0 spiro atoms. The highest BCUT2D eigenvalue weighted by Gasteiger charge is 2.10. The van der Waals surface area contributed by atoms with E-state index < -0.39 is 29.2 Å². The van der Waals surface area contributed by atoms with Crippen molar-refractivity contribution in [2.45, 2.75) is 0 Å². The van der Waals surface area contributed by atoms with Gasteiger partial charge in [0.05, 0.1) is 5.56 Å². The van der Waals surface area contributed by atoms with Crippen molar-refractivity contribution in [2.24, 2.45) is 0 Å². The van der Waals surface area contributed by atoms with Gasteiger partial charge < -0.3 is 10.6 Å². The van der Waals surface area contributed by atoms with Crippen LogP contribution in [0.15, 0.2) is 48.8 Å². The van der Waals surface area contributed by atoms with Gasteiger partial charge in [0.1, 0.15) is 0 Å². The van der Waals surface area contributed by atoms with Gasteiger partial charge in [-0.25, -0.2) is 27.5 Å². The van der Waals surface area contributed by atoms with Crippen molar-refractivity contribution in [1.82, 2.24) is 9.97 Å². The summed E-state index contributed by atoms with van der Waals surface area (Å²) in [5.74, 6) is -4.71. The molecule has 0 atom stereocenters. The molecule has 0 aliphatic heterocycles. The van der Waals surface area contributed by atoms with Crippen LogP contribution in [-0.2, 0) is 0 Å². The largest absolute Gasteiger partial charge is 0.324 e. The van der Waals surface area contributed by atoms with Crippen LogP contribution in [0.2, 0.25) is 0 Å². The zero-order chi connectivity index (χ0) is 18.7. The van der Waals surface area contributed by atoms with Gasteiger partial charge in [0.2, 0.25) is 5.95 Å². The van der Waals surface area contributed by atoms with Gasteiger partial charge in [-0.1, -0.05) is 0 Å². The predicted octanol–water partition coefficient (Wildman–Crippen LogP) is 4.03. The molecule has 26 heavy (non-hydrogen) atoms. The first kappa shape index (κ1) is 17.3. The minimum atomic E-state index is -1.09. The van der Waals surface area contributed by atoms with Gasteiger partial charge in [-0.3, -0.25) is 4.79 Å². The molecule has 3 aromatic rings. The summed E-state index contributed by atoms with van der Waals surface area (Å²) in [6.45, 7) is 0. The second-order valence-electron chi connectivity index (χ2n) is 5.13. The maximum Gasteiger partial charge on any atom is 0.258 e. The molecular formula is C17H10F4N4O. The van der Waals surface area contributed by atoms with E-state index >= 15 is 0 Å². The number of rotatable bonds is 4. The van der Waals surface area contributed by atoms with E-state index in [0.29, 0.717) is 0 Å². The number of carbonyl (C=O) groups is 1. The van der Waals surface area contributed by atoms with E-state index in [9.17, 15) is 22.4 Å². The molecule has 2 N–H and O–H groups in total. The molecule has 9 heteroatoms. The third-order valence-corrected chi connectivity index (χ3v) is 3.27. The van der Waals surface area contributed by atoms with Gasteiger partial charge in [-0.05, 0) is 24.3 Å². The Morgan fingerprint density at radius 3 is 1.88 bits per heavy atom. The summed E-state index contributed by atoms with van der Waals surface area (Å²) in [5, 5.41) is 5.02. The van der Waals surface area contributed by atoms with Crippen LogP contribution in [0, 0.1) is 23.3 Å². The summed E-state index contributed by atoms with van der Waals surface area (Å²) in [5.41, 5.74) is 0.353. The van der Waals surface area contributed by atoms with Gasteiger partial charge >= 0.3 is 0 Å². The molecule has 0 unspecified atom stereocenters. The smallest absolute Gasteiger partial charge is 0.258 e. The molecule has 3 rings (SSSR count). The fourth-order valence-corrected chi connectivity index (χ4v) is 1.99. The van der Waals surface area contributed by atoms with Crippen molar-refractivity contribution in [3.05, 3.63) is 77.6 Å². The van der Waals surface area contributed by atoms with E-state index in [4.69, 9.17) is 0 Å². The highest BCUT2D eigenvalue weighted by molar-refractivity contribution is 6.03. The Morgan fingerprint density at radius 1 is 0.769 bits per heavy atom. The van der Waals surface area contributed by atoms with Crippen molar-refractivity contribution >= 4 is 23.2 Å². The molecule has 1 aromatic heterocycles. The van der Waals surface area contributed by atoms with E-state index in [2.05, 4.69) is 20.6 Å². The standard InChI is InChI=1S/C17H10F4N4O/c18-12-3-1-10(5-14(12)20)24-16(26)9-7-22-17(23-8-9)25-11-2-4-13(19)15(21)6-11/h1-8H,(H,24,26)(H,22,23,25). The average Bonchev–Trinajstić information content (AvgIpc) is 2.62. The van der Waals surface area contributed by atoms with Gasteiger partial charge in [0.15, 0.2) is 23.3 Å². The van der Waals surface area contributed by atoms with Crippen molar-refractivity contribution < 1.29 is 22.4 Å². The molecule has 132 valence electrons. The quantitative estimate of drug-likeness (QED) is 0.688. The fourth-order valence-electron chi connectivity index (χ4n) is 1.99. The first-order valence-electron chi connectivity index (χ1n) is 7.23. The number of carbonyl (C=O) groups excluding carboxylic acids is 1. The molecule has 5 nitrogen and oxygen atoms in total. The molecule has 0 aliphatic carbocycles. The van der Waals surface area contributed by atoms with Crippen molar-refractivity contribution in [1.29, 1.82) is 0 Å². The second kappa shape index (κ2) is 7.18.